The zero-order valence-electron chi connectivity index (χ0n) is 10.5. The fourth-order valence-corrected chi connectivity index (χ4v) is 1.28. The molecule has 2 aromatic rings. The van der Waals surface area contributed by atoms with Crippen molar-refractivity contribution in [2.24, 2.45) is 0 Å². The summed E-state index contributed by atoms with van der Waals surface area (Å²) in [6, 6.07) is 3.72. The van der Waals surface area contributed by atoms with Crippen LogP contribution in [0.25, 0.3) is 0 Å². The standard InChI is InChI=1S/C11H14N6O/c1-7-8(5-4-6-13-7)18-11-15-9(12)14-10(16-11)17(2)3/h4-6H,1-3H3,(H2,12,14,15,16). The van der Waals surface area contributed by atoms with E-state index in [0.717, 1.165) is 5.69 Å². The number of hydrogen-bond acceptors (Lipinski definition) is 7. The number of ether oxygens (including phenoxy) is 1. The van der Waals surface area contributed by atoms with Gasteiger partial charge in [-0.3, -0.25) is 4.98 Å². The Bertz CT molecular complexity index is 557. The van der Waals surface area contributed by atoms with Crippen molar-refractivity contribution < 1.29 is 4.74 Å². The molecule has 0 unspecified atom stereocenters. The van der Waals surface area contributed by atoms with Crippen LogP contribution in [-0.2, 0) is 0 Å². The molecule has 0 aliphatic carbocycles. The second-order valence-electron chi connectivity index (χ2n) is 3.86. The molecular weight excluding hydrogens is 232 g/mol. The summed E-state index contributed by atoms with van der Waals surface area (Å²) in [4.78, 5) is 17.9. The first-order valence-electron chi connectivity index (χ1n) is 5.34. The topological polar surface area (TPSA) is 90.0 Å². The Morgan fingerprint density at radius 3 is 2.67 bits per heavy atom. The van der Waals surface area contributed by atoms with Crippen molar-refractivity contribution >= 4 is 11.9 Å². The summed E-state index contributed by atoms with van der Waals surface area (Å²) in [5.41, 5.74) is 6.36. The third kappa shape index (κ3) is 2.62. The van der Waals surface area contributed by atoms with Crippen molar-refractivity contribution in [1.82, 2.24) is 19.9 Å². The molecule has 0 aliphatic heterocycles. The van der Waals surface area contributed by atoms with E-state index in [4.69, 9.17) is 10.5 Å². The van der Waals surface area contributed by atoms with E-state index in [0.29, 0.717) is 11.7 Å². The predicted octanol–water partition coefficient (Wildman–Crippen LogP) is 1.02. The number of nitrogens with two attached hydrogens (primary N) is 1. The molecule has 2 N–H and O–H groups in total. The zero-order chi connectivity index (χ0) is 13.1. The first-order valence-corrected chi connectivity index (χ1v) is 5.34. The Morgan fingerprint density at radius 1 is 1.22 bits per heavy atom. The normalized spacial score (nSPS) is 10.2. The maximum absolute atomic E-state index is 5.60. The summed E-state index contributed by atoms with van der Waals surface area (Å²) in [6.07, 6.45) is 1.69. The van der Waals surface area contributed by atoms with Crippen molar-refractivity contribution in [2.75, 3.05) is 24.7 Å². The summed E-state index contributed by atoms with van der Waals surface area (Å²) >= 11 is 0. The summed E-state index contributed by atoms with van der Waals surface area (Å²) in [6.45, 7) is 1.84. The van der Waals surface area contributed by atoms with E-state index in [-0.39, 0.29) is 12.0 Å². The van der Waals surface area contributed by atoms with E-state index in [2.05, 4.69) is 19.9 Å². The zero-order valence-corrected chi connectivity index (χ0v) is 10.5. The van der Waals surface area contributed by atoms with Gasteiger partial charge >= 0.3 is 6.01 Å². The number of rotatable bonds is 3. The monoisotopic (exact) mass is 246 g/mol. The van der Waals surface area contributed by atoms with Crippen LogP contribution in [0.2, 0.25) is 0 Å². The fraction of sp³-hybridized carbons (Fsp3) is 0.273. The lowest BCUT2D eigenvalue weighted by molar-refractivity contribution is 0.435. The molecule has 0 bridgehead atoms. The van der Waals surface area contributed by atoms with E-state index in [1.54, 1.807) is 23.2 Å². The lowest BCUT2D eigenvalue weighted by Crippen LogP contribution is -2.15. The number of anilines is 2. The lowest BCUT2D eigenvalue weighted by atomic mass is 10.3. The fourth-order valence-electron chi connectivity index (χ4n) is 1.28. The minimum absolute atomic E-state index is 0.116. The van der Waals surface area contributed by atoms with Gasteiger partial charge in [0.2, 0.25) is 11.9 Å². The maximum atomic E-state index is 5.60. The Kier molecular flexibility index (Phi) is 3.22. The highest BCUT2D eigenvalue weighted by Crippen LogP contribution is 2.21. The van der Waals surface area contributed by atoms with Gasteiger partial charge in [-0.2, -0.15) is 15.0 Å². The quantitative estimate of drug-likeness (QED) is 0.864. The van der Waals surface area contributed by atoms with E-state index < -0.39 is 0 Å². The van der Waals surface area contributed by atoms with E-state index in [1.807, 2.05) is 21.0 Å². The first-order chi connectivity index (χ1) is 8.56. The second-order valence-corrected chi connectivity index (χ2v) is 3.86. The van der Waals surface area contributed by atoms with Crippen LogP contribution in [-0.4, -0.2) is 34.0 Å². The van der Waals surface area contributed by atoms with Crippen LogP contribution in [0.1, 0.15) is 5.69 Å². The second kappa shape index (κ2) is 4.82. The van der Waals surface area contributed by atoms with Crippen LogP contribution in [0.4, 0.5) is 11.9 Å². The molecule has 18 heavy (non-hydrogen) atoms. The van der Waals surface area contributed by atoms with Gasteiger partial charge in [0.15, 0.2) is 5.75 Å². The largest absolute Gasteiger partial charge is 0.422 e. The Hall–Kier alpha value is -2.44. The molecule has 94 valence electrons. The molecule has 0 fully saturated rings. The molecule has 2 rings (SSSR count). The highest BCUT2D eigenvalue weighted by atomic mass is 16.5. The van der Waals surface area contributed by atoms with E-state index >= 15 is 0 Å². The van der Waals surface area contributed by atoms with Gasteiger partial charge in [-0.05, 0) is 19.1 Å². The predicted molar refractivity (Wildman–Crippen MR) is 67.6 cm³/mol. The van der Waals surface area contributed by atoms with Crippen LogP contribution in [0, 0.1) is 6.92 Å². The summed E-state index contributed by atoms with van der Waals surface area (Å²) in [5, 5.41) is 0. The van der Waals surface area contributed by atoms with Gasteiger partial charge in [0.25, 0.3) is 0 Å². The van der Waals surface area contributed by atoms with E-state index in [9.17, 15) is 0 Å². The molecule has 2 aromatic heterocycles. The molecule has 0 aromatic carbocycles. The number of nitrogen functional groups attached to an aromatic ring is 1. The summed E-state index contributed by atoms with van der Waals surface area (Å²) in [5.74, 6) is 1.15. The van der Waals surface area contributed by atoms with Crippen molar-refractivity contribution in [3.05, 3.63) is 24.0 Å². The van der Waals surface area contributed by atoms with Crippen molar-refractivity contribution in [3.63, 3.8) is 0 Å². The Balaban J connectivity index is 2.32. The minimum atomic E-state index is 0.116. The van der Waals surface area contributed by atoms with Crippen LogP contribution in [0.5, 0.6) is 11.8 Å². The molecular formula is C11H14N6O. The van der Waals surface area contributed by atoms with Crippen LogP contribution in [0.15, 0.2) is 18.3 Å². The van der Waals surface area contributed by atoms with Crippen LogP contribution in [0.3, 0.4) is 0 Å². The lowest BCUT2D eigenvalue weighted by Gasteiger charge is -2.11. The van der Waals surface area contributed by atoms with Gasteiger partial charge in [0.1, 0.15) is 0 Å². The Morgan fingerprint density at radius 2 is 2.00 bits per heavy atom. The van der Waals surface area contributed by atoms with Gasteiger partial charge in [-0.15, -0.1) is 0 Å². The number of hydrogen-bond donors (Lipinski definition) is 1. The van der Waals surface area contributed by atoms with Gasteiger partial charge in [-0.25, -0.2) is 0 Å². The number of aromatic nitrogens is 4. The Labute approximate surface area is 105 Å². The molecule has 0 saturated carbocycles. The minimum Gasteiger partial charge on any atom is -0.422 e. The highest BCUT2D eigenvalue weighted by Gasteiger charge is 2.09. The highest BCUT2D eigenvalue weighted by molar-refractivity contribution is 5.36. The van der Waals surface area contributed by atoms with Gasteiger partial charge < -0.3 is 15.4 Å². The first kappa shape index (κ1) is 12.0. The third-order valence-electron chi connectivity index (χ3n) is 2.18. The van der Waals surface area contributed by atoms with Gasteiger partial charge in [-0.1, -0.05) is 0 Å². The van der Waals surface area contributed by atoms with Crippen molar-refractivity contribution in [1.29, 1.82) is 0 Å². The molecule has 0 saturated heterocycles. The molecule has 2 heterocycles. The maximum Gasteiger partial charge on any atom is 0.328 e. The molecule has 7 heteroatoms. The average Bonchev–Trinajstić information content (AvgIpc) is 2.31. The van der Waals surface area contributed by atoms with Crippen molar-refractivity contribution in [2.45, 2.75) is 6.92 Å². The SMILES string of the molecule is Cc1ncccc1Oc1nc(N)nc(N(C)C)n1. The van der Waals surface area contributed by atoms with Crippen molar-refractivity contribution in [3.8, 4) is 11.8 Å². The third-order valence-corrected chi connectivity index (χ3v) is 2.18. The van der Waals surface area contributed by atoms with Crippen LogP contribution >= 0.6 is 0 Å². The number of aryl methyl sites for hydroxylation is 1. The molecule has 0 amide bonds. The smallest absolute Gasteiger partial charge is 0.328 e. The molecule has 0 radical (unpaired) electrons. The summed E-state index contributed by atoms with van der Waals surface area (Å²) < 4.78 is 5.55. The van der Waals surface area contributed by atoms with Gasteiger partial charge in [0.05, 0.1) is 5.69 Å². The molecule has 0 spiro atoms. The molecule has 7 nitrogen and oxygen atoms in total. The molecule has 0 aliphatic rings. The average molecular weight is 246 g/mol. The number of pyridine rings is 1. The van der Waals surface area contributed by atoms with Crippen LogP contribution < -0.4 is 15.4 Å². The molecule has 0 atom stereocenters. The van der Waals surface area contributed by atoms with Gasteiger partial charge in [0, 0.05) is 20.3 Å². The number of nitrogens with zero attached hydrogens (tertiary/aromatic N) is 5. The summed E-state index contributed by atoms with van der Waals surface area (Å²) in [7, 11) is 3.63. The van der Waals surface area contributed by atoms with E-state index in [1.165, 1.54) is 0 Å².